The number of aliphatic hydroxyl groups is 4. The van der Waals surface area contributed by atoms with E-state index in [-0.39, 0.29) is 24.4 Å². The van der Waals surface area contributed by atoms with Gasteiger partial charge in [0.2, 0.25) is 5.91 Å². The molecule has 2 heterocycles. The number of amides is 1. The van der Waals surface area contributed by atoms with Crippen LogP contribution in [0.1, 0.15) is 33.1 Å². The molecular weight excluding hydrogens is 408 g/mol. The Kier molecular flexibility index (Phi) is 10.5. The number of halogens is 1. The van der Waals surface area contributed by atoms with E-state index >= 15 is 0 Å². The number of rotatable bonds is 7. The molecule has 5 N–H and O–H groups in total. The van der Waals surface area contributed by atoms with E-state index in [1.54, 1.807) is 6.26 Å². The number of nitrogens with zero attached hydrogens (tertiary/aromatic N) is 1. The summed E-state index contributed by atoms with van der Waals surface area (Å²) >= 11 is 1.20. The molecule has 2 rings (SSSR count). The van der Waals surface area contributed by atoms with Gasteiger partial charge in [0, 0.05) is 6.54 Å². The second kappa shape index (κ2) is 11.3. The summed E-state index contributed by atoms with van der Waals surface area (Å²) in [5.74, 6) is 0.245. The summed E-state index contributed by atoms with van der Waals surface area (Å²) in [6.07, 6.45) is -1.50. The molecule has 2 saturated heterocycles. The fourth-order valence-corrected chi connectivity index (χ4v) is 4.81. The third kappa shape index (κ3) is 5.72. The number of aliphatic hydroxyl groups excluding tert-OH is 4. The molecule has 0 spiro atoms. The van der Waals surface area contributed by atoms with Crippen molar-refractivity contribution in [3.05, 3.63) is 0 Å². The number of ether oxygens (including phenoxy) is 1. The summed E-state index contributed by atoms with van der Waals surface area (Å²) in [6, 6.07) is -1.20. The van der Waals surface area contributed by atoms with Crippen molar-refractivity contribution in [3.63, 3.8) is 0 Å². The Morgan fingerprint density at radius 2 is 1.93 bits per heavy atom. The number of carbonyl (C=O) groups is 1. The highest BCUT2D eigenvalue weighted by Crippen LogP contribution is 2.30. The molecule has 2 fully saturated rings. The fraction of sp³-hybridized carbons (Fsp3) is 0.944. The van der Waals surface area contributed by atoms with Gasteiger partial charge in [0.1, 0.15) is 29.9 Å². The minimum absolute atomic E-state index is 0. The van der Waals surface area contributed by atoms with Crippen molar-refractivity contribution in [3.8, 4) is 0 Å². The van der Waals surface area contributed by atoms with Crippen LogP contribution in [0.3, 0.4) is 0 Å². The van der Waals surface area contributed by atoms with Gasteiger partial charge in [0.25, 0.3) is 0 Å². The zero-order valence-electron chi connectivity index (χ0n) is 16.9. The van der Waals surface area contributed by atoms with Crippen molar-refractivity contribution < 1.29 is 30.0 Å². The lowest BCUT2D eigenvalue weighted by molar-refractivity contribution is -0.211. The van der Waals surface area contributed by atoms with Gasteiger partial charge < -0.3 is 30.5 Å². The standard InChI is InChI=1S/C18H34N2O6S.ClH/c1-5-6-10-7-11(20(3)8-10)17(25)19-12(9(2)21)16-14(23)13(22)15(24)18(26-16)27-4;/h9-16,18,21-24H,5-8H2,1-4H3,(H,19,25);1H/t9?,10-,11+,12?,13+,14-,15+,16?,18?;/m1./s1. The molecule has 2 aliphatic rings. The van der Waals surface area contributed by atoms with Crippen LogP contribution in [0.15, 0.2) is 0 Å². The van der Waals surface area contributed by atoms with E-state index in [0.29, 0.717) is 5.92 Å². The Labute approximate surface area is 177 Å². The van der Waals surface area contributed by atoms with Crippen LogP contribution in [0.25, 0.3) is 0 Å². The summed E-state index contributed by atoms with van der Waals surface area (Å²) in [7, 11) is 1.91. The summed E-state index contributed by atoms with van der Waals surface area (Å²) in [5.41, 5.74) is -0.755. The predicted molar refractivity (Wildman–Crippen MR) is 110 cm³/mol. The molecule has 0 aromatic rings. The van der Waals surface area contributed by atoms with Gasteiger partial charge >= 0.3 is 0 Å². The van der Waals surface area contributed by atoms with Crippen molar-refractivity contribution in [2.45, 2.75) is 81.1 Å². The van der Waals surface area contributed by atoms with Crippen LogP contribution < -0.4 is 5.32 Å². The van der Waals surface area contributed by atoms with Gasteiger partial charge in [-0.15, -0.1) is 24.2 Å². The molecule has 10 heteroatoms. The van der Waals surface area contributed by atoms with Gasteiger partial charge in [-0.05, 0) is 39.0 Å². The van der Waals surface area contributed by atoms with Crippen molar-refractivity contribution in [2.24, 2.45) is 5.92 Å². The number of nitrogens with one attached hydrogen (secondary N) is 1. The van der Waals surface area contributed by atoms with Gasteiger partial charge in [-0.1, -0.05) is 13.3 Å². The Morgan fingerprint density at radius 3 is 2.46 bits per heavy atom. The van der Waals surface area contributed by atoms with Gasteiger partial charge in [0.15, 0.2) is 0 Å². The average Bonchev–Trinajstić information content (AvgIpc) is 2.99. The Bertz CT molecular complexity index is 501. The number of hydrogen-bond donors (Lipinski definition) is 5. The van der Waals surface area contributed by atoms with Crippen molar-refractivity contribution >= 4 is 30.1 Å². The molecule has 0 radical (unpaired) electrons. The monoisotopic (exact) mass is 442 g/mol. The Morgan fingerprint density at radius 1 is 1.29 bits per heavy atom. The molecule has 0 aromatic heterocycles. The van der Waals surface area contributed by atoms with Gasteiger partial charge in [-0.3, -0.25) is 9.69 Å². The number of likely N-dealkylation sites (tertiary alicyclic amines) is 1. The predicted octanol–water partition coefficient (Wildman–Crippen LogP) is -0.435. The van der Waals surface area contributed by atoms with E-state index in [1.807, 2.05) is 11.9 Å². The molecule has 0 saturated carbocycles. The van der Waals surface area contributed by atoms with E-state index in [4.69, 9.17) is 4.74 Å². The number of likely N-dealkylation sites (N-methyl/N-ethyl adjacent to an activating group) is 1. The van der Waals surface area contributed by atoms with Crippen molar-refractivity contribution in [1.82, 2.24) is 10.2 Å². The van der Waals surface area contributed by atoms with E-state index in [1.165, 1.54) is 18.7 Å². The minimum Gasteiger partial charge on any atom is -0.391 e. The van der Waals surface area contributed by atoms with Crippen molar-refractivity contribution in [2.75, 3.05) is 19.8 Å². The lowest BCUT2D eigenvalue weighted by Crippen LogP contribution is -2.65. The van der Waals surface area contributed by atoms with Gasteiger partial charge in [-0.2, -0.15) is 0 Å². The maximum absolute atomic E-state index is 12.8. The maximum atomic E-state index is 12.8. The van der Waals surface area contributed by atoms with Crippen LogP contribution in [-0.4, -0.2) is 99.1 Å². The zero-order chi connectivity index (χ0) is 20.3. The normalized spacial score (nSPS) is 38.5. The summed E-state index contributed by atoms with van der Waals surface area (Å²) < 4.78 is 5.72. The lowest BCUT2D eigenvalue weighted by atomic mass is 9.92. The molecule has 28 heavy (non-hydrogen) atoms. The zero-order valence-corrected chi connectivity index (χ0v) is 18.5. The fourth-order valence-electron chi connectivity index (χ4n) is 4.13. The number of carbonyl (C=O) groups excluding carboxylic acids is 1. The van der Waals surface area contributed by atoms with E-state index in [2.05, 4.69) is 12.2 Å². The van der Waals surface area contributed by atoms with Crippen LogP contribution in [0, 0.1) is 5.92 Å². The van der Waals surface area contributed by atoms with E-state index < -0.39 is 42.0 Å². The summed E-state index contributed by atoms with van der Waals surface area (Å²) in [5, 5.41) is 43.5. The molecule has 4 unspecified atom stereocenters. The molecule has 9 atom stereocenters. The average molecular weight is 443 g/mol. The first-order valence-electron chi connectivity index (χ1n) is 9.62. The third-order valence-corrected chi connectivity index (χ3v) is 6.51. The highest BCUT2D eigenvalue weighted by atomic mass is 35.5. The first-order chi connectivity index (χ1) is 12.7. The highest BCUT2D eigenvalue weighted by Gasteiger charge is 2.48. The van der Waals surface area contributed by atoms with Crippen LogP contribution in [0.5, 0.6) is 0 Å². The first kappa shape index (κ1) is 25.9. The molecule has 0 aromatic carbocycles. The minimum atomic E-state index is -1.42. The van der Waals surface area contributed by atoms with Gasteiger partial charge in [-0.25, -0.2) is 0 Å². The second-order valence-electron chi connectivity index (χ2n) is 7.80. The third-order valence-electron chi connectivity index (χ3n) is 5.66. The number of thioether (sulfide) groups is 1. The van der Waals surface area contributed by atoms with Crippen LogP contribution in [0.2, 0.25) is 0 Å². The topological polar surface area (TPSA) is 122 Å². The van der Waals surface area contributed by atoms with E-state index in [0.717, 1.165) is 25.8 Å². The first-order valence-corrected chi connectivity index (χ1v) is 10.9. The highest BCUT2D eigenvalue weighted by molar-refractivity contribution is 7.99. The summed E-state index contributed by atoms with van der Waals surface area (Å²) in [4.78, 5) is 14.9. The quantitative estimate of drug-likeness (QED) is 0.360. The Hall–Kier alpha value is -0.130. The molecule has 0 bridgehead atoms. The van der Waals surface area contributed by atoms with Crippen LogP contribution in [-0.2, 0) is 9.53 Å². The molecular formula is C18H35ClN2O6S. The molecule has 0 aliphatic carbocycles. The molecule has 1 amide bonds. The van der Waals surface area contributed by atoms with Crippen LogP contribution in [0.4, 0.5) is 0 Å². The number of hydrogen-bond acceptors (Lipinski definition) is 8. The Balaban J connectivity index is 0.00000392. The maximum Gasteiger partial charge on any atom is 0.237 e. The molecule has 2 aliphatic heterocycles. The van der Waals surface area contributed by atoms with Gasteiger partial charge in [0.05, 0.1) is 18.2 Å². The molecule has 166 valence electrons. The largest absolute Gasteiger partial charge is 0.391 e. The van der Waals surface area contributed by atoms with E-state index in [9.17, 15) is 25.2 Å². The van der Waals surface area contributed by atoms with Crippen molar-refractivity contribution in [1.29, 1.82) is 0 Å². The molecule has 8 nitrogen and oxygen atoms in total. The SMILES string of the molecule is CCC[C@@H]1C[C@@H](C(=O)NC(C(C)O)C2OC(SC)[C@@H](O)[C@@H](O)[C@H]2O)N(C)C1.Cl. The lowest BCUT2D eigenvalue weighted by Gasteiger charge is -2.44. The smallest absolute Gasteiger partial charge is 0.237 e. The van der Waals surface area contributed by atoms with Crippen LogP contribution >= 0.6 is 24.2 Å². The summed E-state index contributed by atoms with van der Waals surface area (Å²) in [6.45, 7) is 4.48. The second-order valence-corrected chi connectivity index (χ2v) is 8.73.